The van der Waals surface area contributed by atoms with Crippen LogP contribution in [0.15, 0.2) is 17.1 Å². The second-order valence-electron chi connectivity index (χ2n) is 4.14. The highest BCUT2D eigenvalue weighted by molar-refractivity contribution is 5.88. The van der Waals surface area contributed by atoms with Crippen molar-refractivity contribution in [1.82, 2.24) is 4.90 Å². The summed E-state index contributed by atoms with van der Waals surface area (Å²) >= 11 is 0. The molecule has 0 unspecified atom stereocenters. The predicted octanol–water partition coefficient (Wildman–Crippen LogP) is 2.29. The normalized spacial score (nSPS) is 14.0. The van der Waals surface area contributed by atoms with Crippen molar-refractivity contribution in [3.63, 3.8) is 0 Å². The number of rotatable bonds is 0. The van der Waals surface area contributed by atoms with E-state index in [1.54, 1.807) is 0 Å². The van der Waals surface area contributed by atoms with Crippen LogP contribution < -0.4 is 4.74 Å². The first kappa shape index (κ1) is 10.0. The first-order valence-corrected chi connectivity index (χ1v) is 5.07. The van der Waals surface area contributed by atoms with Gasteiger partial charge in [-0.1, -0.05) is 6.07 Å². The predicted molar refractivity (Wildman–Crippen MR) is 62.2 cm³/mol. The number of aliphatic imine (C=N–C) groups is 1. The molecule has 1 aliphatic rings. The Bertz CT molecular complexity index is 422. The second-order valence-corrected chi connectivity index (χ2v) is 4.14. The second kappa shape index (κ2) is 3.57. The number of aryl methyl sites for hydroxylation is 2. The minimum absolute atomic E-state index is 0.559. The lowest BCUT2D eigenvalue weighted by molar-refractivity contribution is 0.351. The fraction of sp³-hybridized carbons (Fsp3) is 0.417. The van der Waals surface area contributed by atoms with Crippen molar-refractivity contribution in [3.8, 4) is 5.75 Å². The SMILES string of the molecule is Cc1cc(C)c2c(c1)N=C(N(C)C)CO2. The molecule has 2 rings (SSSR count). The third-order valence-corrected chi connectivity index (χ3v) is 2.51. The van der Waals surface area contributed by atoms with Crippen LogP contribution >= 0.6 is 0 Å². The van der Waals surface area contributed by atoms with Gasteiger partial charge in [0.15, 0.2) is 0 Å². The van der Waals surface area contributed by atoms with E-state index in [2.05, 4.69) is 31.0 Å². The van der Waals surface area contributed by atoms with E-state index in [0.717, 1.165) is 22.8 Å². The van der Waals surface area contributed by atoms with Crippen LogP contribution in [0.4, 0.5) is 5.69 Å². The average molecular weight is 204 g/mol. The first-order chi connectivity index (χ1) is 7.08. The smallest absolute Gasteiger partial charge is 0.148 e. The lowest BCUT2D eigenvalue weighted by Gasteiger charge is -2.23. The van der Waals surface area contributed by atoms with Crippen LogP contribution in [-0.4, -0.2) is 31.4 Å². The zero-order valence-corrected chi connectivity index (χ0v) is 9.66. The molecule has 0 N–H and O–H groups in total. The van der Waals surface area contributed by atoms with Crippen molar-refractivity contribution in [2.75, 3.05) is 20.7 Å². The molecule has 3 nitrogen and oxygen atoms in total. The van der Waals surface area contributed by atoms with Gasteiger partial charge >= 0.3 is 0 Å². The Labute approximate surface area is 90.4 Å². The Hall–Kier alpha value is -1.51. The standard InChI is InChI=1S/C12H16N2O/c1-8-5-9(2)12-10(6-8)13-11(7-15-12)14(3)4/h5-6H,7H2,1-4H3. The van der Waals surface area contributed by atoms with Gasteiger partial charge in [-0.05, 0) is 31.0 Å². The fourth-order valence-corrected chi connectivity index (χ4v) is 1.74. The quantitative estimate of drug-likeness (QED) is 0.647. The van der Waals surface area contributed by atoms with Crippen molar-refractivity contribution < 1.29 is 4.74 Å². The van der Waals surface area contributed by atoms with Crippen LogP contribution in [0.3, 0.4) is 0 Å². The van der Waals surface area contributed by atoms with E-state index < -0.39 is 0 Å². The van der Waals surface area contributed by atoms with Gasteiger partial charge in [0.25, 0.3) is 0 Å². The number of hydrogen-bond acceptors (Lipinski definition) is 3. The fourth-order valence-electron chi connectivity index (χ4n) is 1.74. The minimum Gasteiger partial charge on any atom is -0.483 e. The monoisotopic (exact) mass is 204 g/mol. The maximum atomic E-state index is 5.71. The summed E-state index contributed by atoms with van der Waals surface area (Å²) in [5, 5.41) is 0. The molecular formula is C12H16N2O. The highest BCUT2D eigenvalue weighted by atomic mass is 16.5. The van der Waals surface area contributed by atoms with E-state index >= 15 is 0 Å². The third-order valence-electron chi connectivity index (χ3n) is 2.51. The summed E-state index contributed by atoms with van der Waals surface area (Å²) in [5.74, 6) is 1.89. The maximum Gasteiger partial charge on any atom is 0.148 e. The number of nitrogens with zero attached hydrogens (tertiary/aromatic N) is 2. The van der Waals surface area contributed by atoms with Gasteiger partial charge in [0, 0.05) is 14.1 Å². The van der Waals surface area contributed by atoms with Gasteiger partial charge in [-0.3, -0.25) is 0 Å². The van der Waals surface area contributed by atoms with Crippen LogP contribution in [0.5, 0.6) is 5.75 Å². The Morgan fingerprint density at radius 1 is 1.27 bits per heavy atom. The molecule has 1 aromatic rings. The number of fused-ring (bicyclic) bond motifs is 1. The Balaban J connectivity index is 2.50. The molecule has 1 aromatic carbocycles. The zero-order valence-electron chi connectivity index (χ0n) is 9.66. The maximum absolute atomic E-state index is 5.71. The first-order valence-electron chi connectivity index (χ1n) is 5.07. The third kappa shape index (κ3) is 1.82. The van der Waals surface area contributed by atoms with Gasteiger partial charge in [-0.2, -0.15) is 0 Å². The summed E-state index contributed by atoms with van der Waals surface area (Å²) in [6.45, 7) is 4.69. The van der Waals surface area contributed by atoms with E-state index in [1.165, 1.54) is 5.56 Å². The van der Waals surface area contributed by atoms with Gasteiger partial charge < -0.3 is 9.64 Å². The Kier molecular flexibility index (Phi) is 2.39. The summed E-state index contributed by atoms with van der Waals surface area (Å²) in [6, 6.07) is 4.18. The molecule has 0 radical (unpaired) electrons. The topological polar surface area (TPSA) is 24.8 Å². The van der Waals surface area contributed by atoms with Crippen LogP contribution in [0, 0.1) is 13.8 Å². The molecule has 1 heterocycles. The molecule has 0 fully saturated rings. The van der Waals surface area contributed by atoms with Crippen molar-refractivity contribution >= 4 is 11.5 Å². The van der Waals surface area contributed by atoms with E-state index in [-0.39, 0.29) is 0 Å². The van der Waals surface area contributed by atoms with Crippen molar-refractivity contribution in [2.45, 2.75) is 13.8 Å². The van der Waals surface area contributed by atoms with Gasteiger partial charge in [0.1, 0.15) is 23.9 Å². The summed E-state index contributed by atoms with van der Waals surface area (Å²) in [7, 11) is 3.96. The molecule has 0 saturated carbocycles. The molecule has 1 aliphatic heterocycles. The van der Waals surface area contributed by atoms with E-state index in [1.807, 2.05) is 19.0 Å². The molecular weight excluding hydrogens is 188 g/mol. The van der Waals surface area contributed by atoms with Crippen molar-refractivity contribution in [3.05, 3.63) is 23.3 Å². The number of hydrogen-bond donors (Lipinski definition) is 0. The molecule has 0 aliphatic carbocycles. The molecule has 0 bridgehead atoms. The number of benzene rings is 1. The summed E-state index contributed by atoms with van der Waals surface area (Å²) in [4.78, 5) is 6.57. The zero-order chi connectivity index (χ0) is 11.0. The van der Waals surface area contributed by atoms with E-state index in [0.29, 0.717) is 6.61 Å². The Morgan fingerprint density at radius 2 is 2.00 bits per heavy atom. The number of likely N-dealkylation sites (N-methyl/N-ethyl adjacent to an activating group) is 1. The summed E-state index contributed by atoms with van der Waals surface area (Å²) in [5.41, 5.74) is 3.33. The van der Waals surface area contributed by atoms with Crippen molar-refractivity contribution in [2.24, 2.45) is 4.99 Å². The summed E-state index contributed by atoms with van der Waals surface area (Å²) in [6.07, 6.45) is 0. The van der Waals surface area contributed by atoms with Crippen LogP contribution in [0.1, 0.15) is 11.1 Å². The van der Waals surface area contributed by atoms with Gasteiger partial charge in [-0.15, -0.1) is 0 Å². The molecule has 0 atom stereocenters. The average Bonchev–Trinajstić information content (AvgIpc) is 2.16. The van der Waals surface area contributed by atoms with Gasteiger partial charge in [0.2, 0.25) is 0 Å². The van der Waals surface area contributed by atoms with E-state index in [4.69, 9.17) is 4.74 Å². The Morgan fingerprint density at radius 3 is 2.67 bits per heavy atom. The molecule has 0 spiro atoms. The largest absolute Gasteiger partial charge is 0.483 e. The number of amidine groups is 1. The molecule has 0 aromatic heterocycles. The highest BCUT2D eigenvalue weighted by Gasteiger charge is 2.16. The number of ether oxygens (including phenoxy) is 1. The molecule has 80 valence electrons. The van der Waals surface area contributed by atoms with E-state index in [9.17, 15) is 0 Å². The van der Waals surface area contributed by atoms with Gasteiger partial charge in [0.05, 0.1) is 0 Å². The van der Waals surface area contributed by atoms with Crippen LogP contribution in [0.2, 0.25) is 0 Å². The molecule has 3 heteroatoms. The lowest BCUT2D eigenvalue weighted by Crippen LogP contribution is -2.29. The summed E-state index contributed by atoms with van der Waals surface area (Å²) < 4.78 is 5.71. The molecule has 0 amide bonds. The minimum atomic E-state index is 0.559. The highest BCUT2D eigenvalue weighted by Crippen LogP contribution is 2.35. The van der Waals surface area contributed by atoms with Crippen molar-refractivity contribution in [1.29, 1.82) is 0 Å². The molecule has 0 saturated heterocycles. The molecule has 15 heavy (non-hydrogen) atoms. The lowest BCUT2D eigenvalue weighted by atomic mass is 10.1. The van der Waals surface area contributed by atoms with Crippen LogP contribution in [-0.2, 0) is 0 Å². The van der Waals surface area contributed by atoms with Crippen LogP contribution in [0.25, 0.3) is 0 Å². The van der Waals surface area contributed by atoms with Gasteiger partial charge in [-0.25, -0.2) is 4.99 Å².